The summed E-state index contributed by atoms with van der Waals surface area (Å²) in [7, 11) is 4.08. The highest BCUT2D eigenvalue weighted by atomic mass is 32.1. The molecule has 0 unspecified atom stereocenters. The summed E-state index contributed by atoms with van der Waals surface area (Å²) in [6.45, 7) is 0. The Kier molecular flexibility index (Phi) is 2.74. The summed E-state index contributed by atoms with van der Waals surface area (Å²) in [5.74, 6) is 0.673. The number of hydrogen-bond acceptors (Lipinski definition) is 4. The van der Waals surface area contributed by atoms with Crippen LogP contribution in [-0.4, -0.2) is 19.1 Å². The molecule has 1 aliphatic rings. The first-order chi connectivity index (χ1) is 8.65. The Morgan fingerprint density at radius 2 is 1.89 bits per heavy atom. The summed E-state index contributed by atoms with van der Waals surface area (Å²) in [6, 6.07) is 8.39. The number of nitrogens with zero attached hydrogens (tertiary/aromatic N) is 2. The average molecular weight is 259 g/mol. The molecular formula is C14H17N3S. The number of thiazole rings is 1. The van der Waals surface area contributed by atoms with Gasteiger partial charge in [0.05, 0.1) is 5.01 Å². The number of hydrogen-bond donors (Lipinski definition) is 1. The van der Waals surface area contributed by atoms with Gasteiger partial charge in [-0.2, -0.15) is 0 Å². The molecule has 3 rings (SSSR count). The van der Waals surface area contributed by atoms with Crippen molar-refractivity contribution in [2.24, 2.45) is 0 Å². The molecule has 94 valence electrons. The van der Waals surface area contributed by atoms with Crippen LogP contribution in [0.4, 0.5) is 10.7 Å². The molecule has 1 heterocycles. The van der Waals surface area contributed by atoms with Crippen molar-refractivity contribution in [1.29, 1.82) is 0 Å². The fraction of sp³-hybridized carbons (Fsp3) is 0.357. The van der Waals surface area contributed by atoms with Crippen LogP contribution in [0, 0.1) is 0 Å². The highest BCUT2D eigenvalue weighted by Gasteiger charge is 2.28. The Bertz CT molecular complexity index is 553. The van der Waals surface area contributed by atoms with Gasteiger partial charge in [0.25, 0.3) is 0 Å². The van der Waals surface area contributed by atoms with E-state index < -0.39 is 0 Å². The van der Waals surface area contributed by atoms with Gasteiger partial charge in [-0.1, -0.05) is 12.1 Å². The van der Waals surface area contributed by atoms with Crippen molar-refractivity contribution < 1.29 is 0 Å². The van der Waals surface area contributed by atoms with E-state index >= 15 is 0 Å². The monoisotopic (exact) mass is 259 g/mol. The fourth-order valence-electron chi connectivity index (χ4n) is 1.98. The minimum absolute atomic E-state index is 0.673. The maximum Gasteiger partial charge on any atom is 0.114 e. The van der Waals surface area contributed by atoms with Crippen LogP contribution in [0.5, 0.6) is 0 Å². The van der Waals surface area contributed by atoms with Gasteiger partial charge in [0.1, 0.15) is 10.7 Å². The molecule has 1 aliphatic carbocycles. The Morgan fingerprint density at radius 1 is 1.22 bits per heavy atom. The molecule has 1 aromatic heterocycles. The zero-order chi connectivity index (χ0) is 12.7. The predicted octanol–water partition coefficient (Wildman–Crippen LogP) is 3.34. The Hall–Kier alpha value is -1.55. The zero-order valence-corrected chi connectivity index (χ0v) is 11.5. The average Bonchev–Trinajstić information content (AvgIpc) is 3.13. The molecule has 4 heteroatoms. The fourth-order valence-corrected chi connectivity index (χ4v) is 3.00. The van der Waals surface area contributed by atoms with Crippen LogP contribution in [0.3, 0.4) is 0 Å². The van der Waals surface area contributed by atoms with E-state index in [2.05, 4.69) is 29.2 Å². The third-order valence-electron chi connectivity index (χ3n) is 3.25. The maximum absolute atomic E-state index is 6.08. The van der Waals surface area contributed by atoms with E-state index in [-0.39, 0.29) is 0 Å². The van der Waals surface area contributed by atoms with Crippen LogP contribution in [0.25, 0.3) is 11.3 Å². The summed E-state index contributed by atoms with van der Waals surface area (Å²) in [5.41, 5.74) is 9.34. The van der Waals surface area contributed by atoms with Crippen molar-refractivity contribution in [2.45, 2.75) is 18.8 Å². The minimum Gasteiger partial charge on any atom is -0.389 e. The molecule has 0 aliphatic heterocycles. The molecule has 0 radical (unpaired) electrons. The molecule has 0 atom stereocenters. The Balaban J connectivity index is 1.93. The highest BCUT2D eigenvalue weighted by Crippen LogP contribution is 2.45. The number of nitrogens with two attached hydrogens (primary N) is 1. The quantitative estimate of drug-likeness (QED) is 0.919. The lowest BCUT2D eigenvalue weighted by Crippen LogP contribution is -2.07. The van der Waals surface area contributed by atoms with Crippen LogP contribution in [-0.2, 0) is 0 Å². The molecule has 2 aromatic rings. The van der Waals surface area contributed by atoms with Crippen molar-refractivity contribution in [3.8, 4) is 11.3 Å². The number of anilines is 2. The van der Waals surface area contributed by atoms with Crippen molar-refractivity contribution in [2.75, 3.05) is 24.7 Å². The summed E-state index contributed by atoms with van der Waals surface area (Å²) in [5, 5.41) is 2.05. The standard InChI is InChI=1S/C14H17N3S/c1-17(2)11-7-5-9(6-8-11)12-13(15)18-14(16-12)10-3-4-10/h5-8,10H,3-4,15H2,1-2H3. The number of benzene rings is 1. The second-order valence-electron chi connectivity index (χ2n) is 4.98. The normalized spacial score (nSPS) is 14.8. The molecule has 1 aromatic carbocycles. The van der Waals surface area contributed by atoms with E-state index in [9.17, 15) is 0 Å². The summed E-state index contributed by atoms with van der Waals surface area (Å²) in [6.07, 6.45) is 2.54. The minimum atomic E-state index is 0.673. The van der Waals surface area contributed by atoms with Crippen molar-refractivity contribution in [3.05, 3.63) is 29.3 Å². The lowest BCUT2D eigenvalue weighted by molar-refractivity contribution is 1.08. The summed E-state index contributed by atoms with van der Waals surface area (Å²) in [4.78, 5) is 6.78. The van der Waals surface area contributed by atoms with Crippen LogP contribution in [0.15, 0.2) is 24.3 Å². The van der Waals surface area contributed by atoms with Gasteiger partial charge in [-0.3, -0.25) is 0 Å². The lowest BCUT2D eigenvalue weighted by atomic mass is 10.1. The molecular weight excluding hydrogens is 242 g/mol. The SMILES string of the molecule is CN(C)c1ccc(-c2nc(C3CC3)sc2N)cc1. The van der Waals surface area contributed by atoms with E-state index in [0.29, 0.717) is 5.92 Å². The van der Waals surface area contributed by atoms with Crippen LogP contribution >= 0.6 is 11.3 Å². The van der Waals surface area contributed by atoms with E-state index in [1.807, 2.05) is 14.1 Å². The van der Waals surface area contributed by atoms with Crippen LogP contribution in [0.1, 0.15) is 23.8 Å². The van der Waals surface area contributed by atoms with Gasteiger partial charge in [-0.25, -0.2) is 4.98 Å². The van der Waals surface area contributed by atoms with Crippen molar-refractivity contribution in [3.63, 3.8) is 0 Å². The van der Waals surface area contributed by atoms with Gasteiger partial charge < -0.3 is 10.6 Å². The first-order valence-corrected chi connectivity index (χ1v) is 7.01. The maximum atomic E-state index is 6.08. The molecule has 0 amide bonds. The number of rotatable bonds is 3. The first-order valence-electron chi connectivity index (χ1n) is 6.19. The molecule has 18 heavy (non-hydrogen) atoms. The second kappa shape index (κ2) is 4.28. The van der Waals surface area contributed by atoms with Crippen LogP contribution in [0.2, 0.25) is 0 Å². The van der Waals surface area contributed by atoms with E-state index in [4.69, 9.17) is 10.7 Å². The van der Waals surface area contributed by atoms with E-state index in [1.165, 1.54) is 23.5 Å². The third kappa shape index (κ3) is 2.08. The Labute approximate surface area is 111 Å². The third-order valence-corrected chi connectivity index (χ3v) is 4.30. The molecule has 2 N–H and O–H groups in total. The van der Waals surface area contributed by atoms with Gasteiger partial charge in [0.15, 0.2) is 0 Å². The highest BCUT2D eigenvalue weighted by molar-refractivity contribution is 7.16. The van der Waals surface area contributed by atoms with Gasteiger partial charge in [0.2, 0.25) is 0 Å². The molecule has 0 bridgehead atoms. The molecule has 1 fully saturated rings. The largest absolute Gasteiger partial charge is 0.389 e. The summed E-state index contributed by atoms with van der Waals surface area (Å²) < 4.78 is 0. The number of aromatic nitrogens is 1. The van der Waals surface area contributed by atoms with Gasteiger partial charge in [0, 0.05) is 31.3 Å². The van der Waals surface area contributed by atoms with E-state index in [1.54, 1.807) is 11.3 Å². The van der Waals surface area contributed by atoms with Gasteiger partial charge in [-0.15, -0.1) is 11.3 Å². The topological polar surface area (TPSA) is 42.2 Å². The molecule has 1 saturated carbocycles. The van der Waals surface area contributed by atoms with Gasteiger partial charge >= 0.3 is 0 Å². The zero-order valence-electron chi connectivity index (χ0n) is 10.7. The van der Waals surface area contributed by atoms with Crippen molar-refractivity contribution >= 4 is 22.0 Å². The second-order valence-corrected chi connectivity index (χ2v) is 6.04. The lowest BCUT2D eigenvalue weighted by Gasteiger charge is -2.12. The Morgan fingerprint density at radius 3 is 2.44 bits per heavy atom. The molecule has 3 nitrogen and oxygen atoms in total. The van der Waals surface area contributed by atoms with Crippen molar-refractivity contribution in [1.82, 2.24) is 4.98 Å². The number of nitrogen functional groups attached to an aromatic ring is 1. The van der Waals surface area contributed by atoms with E-state index in [0.717, 1.165) is 16.3 Å². The first kappa shape index (κ1) is 11.5. The summed E-state index contributed by atoms with van der Waals surface area (Å²) >= 11 is 1.65. The smallest absolute Gasteiger partial charge is 0.114 e. The molecule has 0 spiro atoms. The predicted molar refractivity (Wildman–Crippen MR) is 78.3 cm³/mol. The van der Waals surface area contributed by atoms with Crippen LogP contribution < -0.4 is 10.6 Å². The molecule has 0 saturated heterocycles. The van der Waals surface area contributed by atoms with Gasteiger partial charge in [-0.05, 0) is 25.0 Å².